The van der Waals surface area contributed by atoms with Crippen LogP contribution in [0.5, 0.6) is 11.5 Å². The van der Waals surface area contributed by atoms with Crippen LogP contribution in [-0.2, 0) is 21.2 Å². The van der Waals surface area contributed by atoms with Crippen LogP contribution in [0.4, 0.5) is 5.69 Å². The van der Waals surface area contributed by atoms with E-state index < -0.39 is 22.0 Å². The molecule has 0 bridgehead atoms. The molecule has 0 aliphatic heterocycles. The first-order chi connectivity index (χ1) is 16.2. The molecule has 2 N–H and O–H groups in total. The Labute approximate surface area is 209 Å². The number of carbonyl (C=O) groups excluding carboxylic acids is 1. The Hall–Kier alpha value is -2.78. The Morgan fingerprint density at radius 2 is 1.71 bits per heavy atom. The summed E-state index contributed by atoms with van der Waals surface area (Å²) in [6, 6.07) is 16.8. The summed E-state index contributed by atoms with van der Waals surface area (Å²) < 4.78 is 39.4. The van der Waals surface area contributed by atoms with Crippen molar-refractivity contribution in [1.29, 1.82) is 0 Å². The molecule has 0 unspecified atom stereocenters. The van der Waals surface area contributed by atoms with Crippen LogP contribution in [0.25, 0.3) is 0 Å². The van der Waals surface area contributed by atoms with Crippen molar-refractivity contribution < 1.29 is 22.7 Å². The molecular formula is C24H24Cl2N2O5S. The number of anilines is 1. The zero-order chi connectivity index (χ0) is 24.7. The number of nitrogens with one attached hydrogen (secondary N) is 2. The van der Waals surface area contributed by atoms with E-state index >= 15 is 0 Å². The van der Waals surface area contributed by atoms with Gasteiger partial charge < -0.3 is 14.8 Å². The molecule has 10 heteroatoms. The van der Waals surface area contributed by atoms with Crippen molar-refractivity contribution in [2.45, 2.75) is 24.3 Å². The second-order valence-corrected chi connectivity index (χ2v) is 9.78. The number of amides is 1. The molecule has 0 heterocycles. The van der Waals surface area contributed by atoms with Gasteiger partial charge in [-0.15, -0.1) is 0 Å². The van der Waals surface area contributed by atoms with Gasteiger partial charge in [0.15, 0.2) is 0 Å². The topological polar surface area (TPSA) is 93.7 Å². The summed E-state index contributed by atoms with van der Waals surface area (Å²) in [5, 5.41) is 3.25. The SMILES string of the molecule is CCOc1ccc(S(=O)(=O)N[C@H](Cc2ccccc2)C(=O)Nc2cc(Cl)ccc2OC)cc1Cl. The van der Waals surface area contributed by atoms with E-state index in [1.807, 2.05) is 30.3 Å². The summed E-state index contributed by atoms with van der Waals surface area (Å²) in [6.45, 7) is 2.18. The highest BCUT2D eigenvalue weighted by Gasteiger charge is 2.27. The molecule has 3 aromatic rings. The summed E-state index contributed by atoms with van der Waals surface area (Å²) in [7, 11) is -2.65. The van der Waals surface area contributed by atoms with Crippen molar-refractivity contribution in [3.05, 3.63) is 82.3 Å². The number of rotatable bonds is 10. The number of benzene rings is 3. The minimum absolute atomic E-state index is 0.0906. The fraction of sp³-hybridized carbons (Fsp3) is 0.208. The van der Waals surface area contributed by atoms with Gasteiger partial charge in [-0.2, -0.15) is 4.72 Å². The standard InChI is InChI=1S/C24H24Cl2N2O5S/c1-3-33-22-12-10-18(15-19(22)26)34(30,31)28-21(13-16-7-5-4-6-8-16)24(29)27-20-14-17(25)9-11-23(20)32-2/h4-12,14-15,21,28H,3,13H2,1-2H3,(H,27,29)/t21-/m1/s1. The van der Waals surface area contributed by atoms with Gasteiger partial charge in [0.05, 0.1) is 29.3 Å². The molecule has 3 aromatic carbocycles. The zero-order valence-corrected chi connectivity index (χ0v) is 20.9. The number of carbonyl (C=O) groups is 1. The van der Waals surface area contributed by atoms with Crippen LogP contribution in [0.3, 0.4) is 0 Å². The van der Waals surface area contributed by atoms with Gasteiger partial charge in [0.2, 0.25) is 15.9 Å². The molecular weight excluding hydrogens is 499 g/mol. The molecule has 0 aliphatic carbocycles. The maximum absolute atomic E-state index is 13.2. The fourth-order valence-corrected chi connectivity index (χ4v) is 4.91. The maximum atomic E-state index is 13.2. The molecule has 180 valence electrons. The first kappa shape index (κ1) is 25.8. The number of hydrogen-bond donors (Lipinski definition) is 2. The van der Waals surface area contributed by atoms with Gasteiger partial charge in [-0.05, 0) is 55.3 Å². The Kier molecular flexibility index (Phi) is 8.79. The molecule has 1 amide bonds. The predicted octanol–water partition coefficient (Wildman–Crippen LogP) is 4.93. The molecule has 3 rings (SSSR count). The maximum Gasteiger partial charge on any atom is 0.243 e. The molecule has 34 heavy (non-hydrogen) atoms. The number of halogens is 2. The third kappa shape index (κ3) is 6.64. The molecule has 0 aliphatic rings. The number of methoxy groups -OCH3 is 1. The third-order valence-corrected chi connectivity index (χ3v) is 6.83. The zero-order valence-electron chi connectivity index (χ0n) is 18.5. The average molecular weight is 523 g/mol. The van der Waals surface area contributed by atoms with Gasteiger partial charge in [-0.25, -0.2) is 8.42 Å². The van der Waals surface area contributed by atoms with Gasteiger partial charge in [-0.1, -0.05) is 53.5 Å². The van der Waals surface area contributed by atoms with Gasteiger partial charge in [-0.3, -0.25) is 4.79 Å². The second kappa shape index (κ2) is 11.6. The van der Waals surface area contributed by atoms with E-state index in [1.54, 1.807) is 19.1 Å². The van der Waals surface area contributed by atoms with Crippen LogP contribution in [-0.4, -0.2) is 34.1 Å². The summed E-state index contributed by atoms with van der Waals surface area (Å²) in [4.78, 5) is 13.1. The smallest absolute Gasteiger partial charge is 0.243 e. The summed E-state index contributed by atoms with van der Waals surface area (Å²) in [5.41, 5.74) is 1.09. The van der Waals surface area contributed by atoms with E-state index in [4.69, 9.17) is 32.7 Å². The Balaban J connectivity index is 1.90. The van der Waals surface area contributed by atoms with Gasteiger partial charge in [0, 0.05) is 5.02 Å². The second-order valence-electron chi connectivity index (χ2n) is 7.22. The van der Waals surface area contributed by atoms with Gasteiger partial charge in [0.1, 0.15) is 17.5 Å². The molecule has 0 spiro atoms. The first-order valence-electron chi connectivity index (χ1n) is 10.4. The Bertz CT molecular complexity index is 1250. The van der Waals surface area contributed by atoms with Crippen molar-refractivity contribution in [1.82, 2.24) is 4.72 Å². The fourth-order valence-electron chi connectivity index (χ4n) is 3.21. The van der Waals surface area contributed by atoms with Gasteiger partial charge >= 0.3 is 0 Å². The lowest BCUT2D eigenvalue weighted by molar-refractivity contribution is -0.117. The molecule has 0 saturated heterocycles. The van der Waals surface area contributed by atoms with Crippen LogP contribution < -0.4 is 19.5 Å². The number of hydrogen-bond acceptors (Lipinski definition) is 5. The first-order valence-corrected chi connectivity index (χ1v) is 12.6. The van der Waals surface area contributed by atoms with Crippen molar-refractivity contribution >= 4 is 44.8 Å². The summed E-state index contributed by atoms with van der Waals surface area (Å²) >= 11 is 12.2. The van der Waals surface area contributed by atoms with Crippen LogP contribution in [0.2, 0.25) is 10.0 Å². The lowest BCUT2D eigenvalue weighted by Crippen LogP contribution is -2.45. The van der Waals surface area contributed by atoms with Crippen molar-refractivity contribution in [2.24, 2.45) is 0 Å². The molecule has 1 atom stereocenters. The predicted molar refractivity (Wildman–Crippen MR) is 134 cm³/mol. The van der Waals surface area contributed by atoms with E-state index in [0.717, 1.165) is 5.56 Å². The minimum Gasteiger partial charge on any atom is -0.495 e. The Morgan fingerprint density at radius 3 is 2.35 bits per heavy atom. The van der Waals surface area contributed by atoms with Crippen LogP contribution in [0, 0.1) is 0 Å². The lowest BCUT2D eigenvalue weighted by Gasteiger charge is -2.20. The van der Waals surface area contributed by atoms with Crippen LogP contribution >= 0.6 is 23.2 Å². The highest BCUT2D eigenvalue weighted by atomic mass is 35.5. The van der Waals surface area contributed by atoms with E-state index in [0.29, 0.717) is 28.8 Å². The van der Waals surface area contributed by atoms with Crippen molar-refractivity contribution in [3.8, 4) is 11.5 Å². The van der Waals surface area contributed by atoms with E-state index in [1.165, 1.54) is 31.4 Å². The third-order valence-electron chi connectivity index (χ3n) is 4.83. The van der Waals surface area contributed by atoms with Gasteiger partial charge in [0.25, 0.3) is 0 Å². The summed E-state index contributed by atoms with van der Waals surface area (Å²) in [5.74, 6) is 0.178. The van der Waals surface area contributed by atoms with E-state index in [2.05, 4.69) is 10.0 Å². The highest BCUT2D eigenvalue weighted by Crippen LogP contribution is 2.29. The largest absolute Gasteiger partial charge is 0.495 e. The van der Waals surface area contributed by atoms with Crippen molar-refractivity contribution in [2.75, 3.05) is 19.0 Å². The monoisotopic (exact) mass is 522 g/mol. The molecule has 0 radical (unpaired) electrons. The molecule has 0 aromatic heterocycles. The normalized spacial score (nSPS) is 12.1. The molecule has 7 nitrogen and oxygen atoms in total. The van der Waals surface area contributed by atoms with E-state index in [-0.39, 0.29) is 16.3 Å². The van der Waals surface area contributed by atoms with Crippen molar-refractivity contribution in [3.63, 3.8) is 0 Å². The summed E-state index contributed by atoms with van der Waals surface area (Å²) in [6.07, 6.45) is 0.111. The molecule has 0 fully saturated rings. The van der Waals surface area contributed by atoms with Crippen LogP contribution in [0.15, 0.2) is 71.6 Å². The Morgan fingerprint density at radius 1 is 1.00 bits per heavy atom. The number of ether oxygens (including phenoxy) is 2. The van der Waals surface area contributed by atoms with E-state index in [9.17, 15) is 13.2 Å². The highest BCUT2D eigenvalue weighted by molar-refractivity contribution is 7.89. The van der Waals surface area contributed by atoms with Crippen LogP contribution in [0.1, 0.15) is 12.5 Å². The molecule has 0 saturated carbocycles. The lowest BCUT2D eigenvalue weighted by atomic mass is 10.1. The number of sulfonamides is 1. The average Bonchev–Trinajstić information content (AvgIpc) is 2.80. The quantitative estimate of drug-likeness (QED) is 0.393. The minimum atomic E-state index is -4.10.